The van der Waals surface area contributed by atoms with Crippen LogP contribution < -0.4 is 11.2 Å². The average molecular weight is 255 g/mol. The summed E-state index contributed by atoms with van der Waals surface area (Å²) in [6, 6.07) is 0. The number of rotatable bonds is 0. The lowest BCUT2D eigenvalue weighted by molar-refractivity contribution is 1.09. The fraction of sp³-hybridized carbons (Fsp3) is 0. The molecule has 16 heavy (non-hydrogen) atoms. The van der Waals surface area contributed by atoms with Gasteiger partial charge in [0.05, 0.1) is 11.7 Å². The van der Waals surface area contributed by atoms with E-state index in [-0.39, 0.29) is 5.15 Å². The normalized spacial score (nSPS) is 11.3. The SMILES string of the molecule is O=c1[nH]c(=O)c2sc3ncc(Cl)nc3c2[nH]1. The maximum atomic E-state index is 11.5. The Hall–Kier alpha value is -1.73. The van der Waals surface area contributed by atoms with Crippen molar-refractivity contribution in [2.24, 2.45) is 0 Å². The number of aromatic amines is 2. The van der Waals surface area contributed by atoms with Crippen LogP contribution in [0.15, 0.2) is 15.8 Å². The third kappa shape index (κ3) is 1.25. The van der Waals surface area contributed by atoms with Crippen LogP contribution in [0.25, 0.3) is 20.6 Å². The molecular weight excluding hydrogens is 252 g/mol. The Balaban J connectivity index is 2.68. The van der Waals surface area contributed by atoms with Crippen LogP contribution in [0.5, 0.6) is 0 Å². The first-order valence-electron chi connectivity index (χ1n) is 4.22. The van der Waals surface area contributed by atoms with Crippen LogP contribution in [0.3, 0.4) is 0 Å². The summed E-state index contributed by atoms with van der Waals surface area (Å²) < 4.78 is 0.386. The van der Waals surface area contributed by atoms with Gasteiger partial charge in [-0.1, -0.05) is 11.6 Å². The molecule has 2 N–H and O–H groups in total. The lowest BCUT2D eigenvalue weighted by Crippen LogP contribution is -2.20. The molecule has 8 heteroatoms. The molecule has 0 spiro atoms. The molecule has 3 rings (SSSR count). The predicted octanol–water partition coefficient (Wildman–Crippen LogP) is 0.875. The third-order valence-electron chi connectivity index (χ3n) is 2.04. The van der Waals surface area contributed by atoms with Gasteiger partial charge >= 0.3 is 5.69 Å². The van der Waals surface area contributed by atoms with E-state index in [1.54, 1.807) is 0 Å². The van der Waals surface area contributed by atoms with Crippen molar-refractivity contribution in [3.63, 3.8) is 0 Å². The zero-order valence-corrected chi connectivity index (χ0v) is 9.15. The highest BCUT2D eigenvalue weighted by molar-refractivity contribution is 7.25. The number of nitrogens with one attached hydrogen (secondary N) is 2. The van der Waals surface area contributed by atoms with Gasteiger partial charge in [0, 0.05) is 0 Å². The van der Waals surface area contributed by atoms with E-state index in [1.807, 2.05) is 0 Å². The molecule has 3 heterocycles. The van der Waals surface area contributed by atoms with E-state index < -0.39 is 11.2 Å². The first-order chi connectivity index (χ1) is 7.65. The van der Waals surface area contributed by atoms with Gasteiger partial charge in [-0.3, -0.25) is 9.78 Å². The fourth-order valence-electron chi connectivity index (χ4n) is 1.43. The Morgan fingerprint density at radius 2 is 2.12 bits per heavy atom. The van der Waals surface area contributed by atoms with Gasteiger partial charge in [-0.25, -0.2) is 14.8 Å². The molecule has 0 atom stereocenters. The Morgan fingerprint density at radius 3 is 2.94 bits per heavy atom. The van der Waals surface area contributed by atoms with E-state index in [0.717, 1.165) is 11.3 Å². The highest BCUT2D eigenvalue weighted by atomic mass is 35.5. The summed E-state index contributed by atoms with van der Waals surface area (Å²) in [6.45, 7) is 0. The minimum Gasteiger partial charge on any atom is -0.304 e. The van der Waals surface area contributed by atoms with Crippen molar-refractivity contribution in [1.82, 2.24) is 19.9 Å². The summed E-state index contributed by atoms with van der Waals surface area (Å²) in [5, 5.41) is 0.216. The molecule has 0 unspecified atom stereocenters. The fourth-order valence-corrected chi connectivity index (χ4v) is 2.50. The molecular formula is C8H3ClN4O2S. The Morgan fingerprint density at radius 1 is 1.31 bits per heavy atom. The van der Waals surface area contributed by atoms with Crippen LogP contribution >= 0.6 is 22.9 Å². The van der Waals surface area contributed by atoms with E-state index in [9.17, 15) is 9.59 Å². The van der Waals surface area contributed by atoms with Crippen molar-refractivity contribution in [2.45, 2.75) is 0 Å². The maximum Gasteiger partial charge on any atom is 0.326 e. The van der Waals surface area contributed by atoms with Crippen molar-refractivity contribution in [1.29, 1.82) is 0 Å². The number of thiophene rings is 1. The van der Waals surface area contributed by atoms with Crippen molar-refractivity contribution in [2.75, 3.05) is 0 Å². The number of nitrogens with zero attached hydrogens (tertiary/aromatic N) is 2. The molecule has 0 saturated heterocycles. The third-order valence-corrected chi connectivity index (χ3v) is 3.31. The highest BCUT2D eigenvalue weighted by Crippen LogP contribution is 2.26. The number of aromatic nitrogens is 4. The molecule has 0 fully saturated rings. The molecule has 3 aromatic rings. The number of H-pyrrole nitrogens is 2. The monoisotopic (exact) mass is 254 g/mol. The molecule has 0 radical (unpaired) electrons. The summed E-state index contributed by atoms with van der Waals surface area (Å²) in [7, 11) is 0. The van der Waals surface area contributed by atoms with Crippen LogP contribution in [0, 0.1) is 0 Å². The molecule has 0 saturated carbocycles. The zero-order chi connectivity index (χ0) is 11.3. The summed E-state index contributed by atoms with van der Waals surface area (Å²) in [5.74, 6) is 0. The van der Waals surface area contributed by atoms with Gasteiger partial charge in [0.2, 0.25) is 0 Å². The minimum absolute atomic E-state index is 0.216. The largest absolute Gasteiger partial charge is 0.326 e. The van der Waals surface area contributed by atoms with E-state index in [2.05, 4.69) is 19.9 Å². The second kappa shape index (κ2) is 3.13. The summed E-state index contributed by atoms with van der Waals surface area (Å²) >= 11 is 6.87. The van der Waals surface area contributed by atoms with Crippen LogP contribution in [-0.4, -0.2) is 19.9 Å². The summed E-state index contributed by atoms with van der Waals surface area (Å²) in [5.41, 5.74) is -0.196. The Labute approximate surface area is 95.9 Å². The topological polar surface area (TPSA) is 91.5 Å². The number of hydrogen-bond acceptors (Lipinski definition) is 5. The van der Waals surface area contributed by atoms with Gasteiger partial charge in [0.1, 0.15) is 20.2 Å². The van der Waals surface area contributed by atoms with E-state index >= 15 is 0 Å². The van der Waals surface area contributed by atoms with Gasteiger partial charge in [-0.15, -0.1) is 11.3 Å². The lowest BCUT2D eigenvalue weighted by Gasteiger charge is -1.90. The van der Waals surface area contributed by atoms with Crippen LogP contribution in [-0.2, 0) is 0 Å². The molecule has 3 aromatic heterocycles. The Kier molecular flexibility index (Phi) is 1.86. The smallest absolute Gasteiger partial charge is 0.304 e. The summed E-state index contributed by atoms with van der Waals surface area (Å²) in [6.07, 6.45) is 1.39. The predicted molar refractivity (Wildman–Crippen MR) is 61.2 cm³/mol. The van der Waals surface area contributed by atoms with Gasteiger partial charge in [0.15, 0.2) is 0 Å². The first kappa shape index (κ1) is 9.49. The van der Waals surface area contributed by atoms with Gasteiger partial charge in [-0.05, 0) is 0 Å². The van der Waals surface area contributed by atoms with Gasteiger partial charge < -0.3 is 4.98 Å². The molecule has 0 amide bonds. The van der Waals surface area contributed by atoms with Crippen LogP contribution in [0.1, 0.15) is 0 Å². The first-order valence-corrected chi connectivity index (χ1v) is 5.42. The van der Waals surface area contributed by atoms with Crippen molar-refractivity contribution < 1.29 is 0 Å². The summed E-state index contributed by atoms with van der Waals surface area (Å²) in [4.78, 5) is 35.9. The number of fused-ring (bicyclic) bond motifs is 3. The van der Waals surface area contributed by atoms with E-state index in [4.69, 9.17) is 11.6 Å². The maximum absolute atomic E-state index is 11.5. The van der Waals surface area contributed by atoms with Crippen molar-refractivity contribution in [3.05, 3.63) is 32.2 Å². The highest BCUT2D eigenvalue weighted by Gasteiger charge is 2.11. The molecule has 80 valence electrons. The minimum atomic E-state index is -0.570. The van der Waals surface area contributed by atoms with Crippen LogP contribution in [0.2, 0.25) is 5.15 Å². The molecule has 0 aliphatic rings. The standard InChI is InChI=1S/C8H3ClN4O2S/c9-2-1-10-7-4(11-2)3-5(16-7)6(14)13-8(15)12-3/h1H,(H2,12,13,14,15). The molecule has 0 aliphatic heterocycles. The molecule has 0 bridgehead atoms. The second-order valence-corrected chi connectivity index (χ2v) is 4.45. The van der Waals surface area contributed by atoms with E-state index in [1.165, 1.54) is 6.20 Å². The molecule has 0 aliphatic carbocycles. The number of hydrogen-bond donors (Lipinski definition) is 2. The zero-order valence-electron chi connectivity index (χ0n) is 7.57. The van der Waals surface area contributed by atoms with E-state index in [0.29, 0.717) is 20.6 Å². The van der Waals surface area contributed by atoms with Crippen molar-refractivity contribution in [3.8, 4) is 0 Å². The second-order valence-electron chi connectivity index (χ2n) is 3.06. The van der Waals surface area contributed by atoms with Gasteiger partial charge in [0.25, 0.3) is 5.56 Å². The average Bonchev–Trinajstić information content (AvgIpc) is 2.57. The lowest BCUT2D eigenvalue weighted by atomic mass is 10.4. The molecule has 6 nitrogen and oxygen atoms in total. The van der Waals surface area contributed by atoms with Crippen LogP contribution in [0.4, 0.5) is 0 Å². The quantitative estimate of drug-likeness (QED) is 0.623. The Bertz CT molecular complexity index is 818. The number of halogens is 1. The van der Waals surface area contributed by atoms with Crippen molar-refractivity contribution >= 4 is 43.5 Å². The molecule has 0 aromatic carbocycles. The van der Waals surface area contributed by atoms with Gasteiger partial charge in [-0.2, -0.15) is 0 Å².